The second kappa shape index (κ2) is 8.32. The smallest absolute Gasteiger partial charge is 0.0802 e. The molecule has 1 atom stereocenters. The van der Waals surface area contributed by atoms with E-state index in [1.54, 1.807) is 0 Å². The number of hydrogen-bond acceptors (Lipinski definition) is 2. The summed E-state index contributed by atoms with van der Waals surface area (Å²) in [4.78, 5) is 2.27. The molecule has 1 N–H and O–H groups in total. The van der Waals surface area contributed by atoms with E-state index in [1.165, 1.54) is 5.56 Å². The van der Waals surface area contributed by atoms with Gasteiger partial charge in [-0.15, -0.1) is 0 Å². The van der Waals surface area contributed by atoms with E-state index in [1.807, 2.05) is 30.3 Å². The third-order valence-corrected chi connectivity index (χ3v) is 4.19. The molecule has 0 heterocycles. The number of rotatable bonds is 7. The molecule has 0 amide bonds. The van der Waals surface area contributed by atoms with E-state index in [0.29, 0.717) is 0 Å². The molecule has 112 valence electrons. The van der Waals surface area contributed by atoms with Crippen LogP contribution in [0.25, 0.3) is 0 Å². The fraction of sp³-hybridized carbons (Fsp3) is 0.333. The first-order valence-electron chi connectivity index (χ1n) is 7.31. The third-order valence-electron chi connectivity index (χ3n) is 3.66. The van der Waals surface area contributed by atoms with Crippen molar-refractivity contribution in [3.8, 4) is 0 Å². The van der Waals surface area contributed by atoms with Crippen LogP contribution < -0.4 is 0 Å². The zero-order valence-corrected chi connectivity index (χ0v) is 14.0. The maximum atomic E-state index is 10.2. The molecule has 0 bridgehead atoms. The molecule has 21 heavy (non-hydrogen) atoms. The molecule has 2 aromatic carbocycles. The minimum atomic E-state index is -0.391. The second-order valence-corrected chi connectivity index (χ2v) is 6.31. The van der Waals surface area contributed by atoms with Crippen molar-refractivity contribution < 1.29 is 5.11 Å². The molecular formula is C18H22BrNO. The number of nitrogens with zero attached hydrogens (tertiary/aromatic N) is 1. The summed E-state index contributed by atoms with van der Waals surface area (Å²) in [6, 6.07) is 18.4. The SMILES string of the molecule is CN(CCc1ccccc1)CCC(O)c1ccc(Br)cc1. The molecular weight excluding hydrogens is 326 g/mol. The van der Waals surface area contributed by atoms with Gasteiger partial charge in [-0.3, -0.25) is 0 Å². The molecule has 0 aliphatic rings. The molecule has 3 heteroatoms. The van der Waals surface area contributed by atoms with Gasteiger partial charge < -0.3 is 10.0 Å². The largest absolute Gasteiger partial charge is 0.388 e. The van der Waals surface area contributed by atoms with Gasteiger partial charge in [0.25, 0.3) is 0 Å². The molecule has 2 aromatic rings. The first-order chi connectivity index (χ1) is 10.1. The van der Waals surface area contributed by atoms with Crippen LogP contribution in [0.5, 0.6) is 0 Å². The molecule has 0 aliphatic heterocycles. The van der Waals surface area contributed by atoms with Gasteiger partial charge >= 0.3 is 0 Å². The van der Waals surface area contributed by atoms with Crippen molar-refractivity contribution in [2.75, 3.05) is 20.1 Å². The van der Waals surface area contributed by atoms with Crippen molar-refractivity contribution in [2.45, 2.75) is 18.9 Å². The standard InChI is InChI=1S/C18H22BrNO/c1-20(13-11-15-5-3-2-4-6-15)14-12-18(21)16-7-9-17(19)10-8-16/h2-10,18,21H,11-14H2,1H3. The molecule has 0 saturated heterocycles. The van der Waals surface area contributed by atoms with Crippen molar-refractivity contribution in [2.24, 2.45) is 0 Å². The highest BCUT2D eigenvalue weighted by atomic mass is 79.9. The van der Waals surface area contributed by atoms with E-state index < -0.39 is 6.10 Å². The highest BCUT2D eigenvalue weighted by Gasteiger charge is 2.09. The van der Waals surface area contributed by atoms with Gasteiger partial charge in [-0.25, -0.2) is 0 Å². The minimum Gasteiger partial charge on any atom is -0.388 e. The average Bonchev–Trinajstić information content (AvgIpc) is 2.52. The lowest BCUT2D eigenvalue weighted by atomic mass is 10.1. The van der Waals surface area contributed by atoms with Crippen LogP contribution >= 0.6 is 15.9 Å². The summed E-state index contributed by atoms with van der Waals surface area (Å²) < 4.78 is 1.04. The minimum absolute atomic E-state index is 0.391. The maximum absolute atomic E-state index is 10.2. The van der Waals surface area contributed by atoms with Crippen LogP contribution in [0.4, 0.5) is 0 Å². The lowest BCUT2D eigenvalue weighted by Crippen LogP contribution is -2.23. The lowest BCUT2D eigenvalue weighted by molar-refractivity contribution is 0.149. The molecule has 0 spiro atoms. The predicted octanol–water partition coefficient (Wildman–Crippen LogP) is 4.05. The Bertz CT molecular complexity index is 527. The van der Waals surface area contributed by atoms with Crippen molar-refractivity contribution in [3.05, 3.63) is 70.2 Å². The van der Waals surface area contributed by atoms with Crippen LogP contribution in [-0.4, -0.2) is 30.1 Å². The first-order valence-corrected chi connectivity index (χ1v) is 8.10. The molecule has 0 aliphatic carbocycles. The van der Waals surface area contributed by atoms with Gasteiger partial charge in [0.05, 0.1) is 6.10 Å². The van der Waals surface area contributed by atoms with Gasteiger partial charge in [0, 0.05) is 17.6 Å². The molecule has 0 aromatic heterocycles. The summed E-state index contributed by atoms with van der Waals surface area (Å²) >= 11 is 3.41. The van der Waals surface area contributed by atoms with Crippen molar-refractivity contribution >= 4 is 15.9 Å². The summed E-state index contributed by atoms with van der Waals surface area (Å²) in [7, 11) is 2.11. The van der Waals surface area contributed by atoms with Gasteiger partial charge in [-0.05, 0) is 43.1 Å². The summed E-state index contributed by atoms with van der Waals surface area (Å²) in [5.41, 5.74) is 2.34. The van der Waals surface area contributed by atoms with Gasteiger partial charge in [0.15, 0.2) is 0 Å². The number of halogens is 1. The fourth-order valence-corrected chi connectivity index (χ4v) is 2.54. The Hall–Kier alpha value is -1.16. The Morgan fingerprint density at radius 3 is 2.33 bits per heavy atom. The second-order valence-electron chi connectivity index (χ2n) is 5.39. The van der Waals surface area contributed by atoms with E-state index in [-0.39, 0.29) is 0 Å². The lowest BCUT2D eigenvalue weighted by Gasteiger charge is -2.19. The molecule has 0 saturated carbocycles. The van der Waals surface area contributed by atoms with Crippen LogP contribution in [0.1, 0.15) is 23.7 Å². The van der Waals surface area contributed by atoms with Crippen molar-refractivity contribution in [1.82, 2.24) is 4.90 Å². The Kier molecular flexibility index (Phi) is 6.43. The van der Waals surface area contributed by atoms with Crippen LogP contribution in [0.3, 0.4) is 0 Å². The first kappa shape index (κ1) is 16.2. The van der Waals surface area contributed by atoms with Crippen LogP contribution in [0, 0.1) is 0 Å². The van der Waals surface area contributed by atoms with Gasteiger partial charge in [0.2, 0.25) is 0 Å². The number of aliphatic hydroxyl groups is 1. The van der Waals surface area contributed by atoms with Crippen molar-refractivity contribution in [1.29, 1.82) is 0 Å². The monoisotopic (exact) mass is 347 g/mol. The normalized spacial score (nSPS) is 12.6. The topological polar surface area (TPSA) is 23.5 Å². The zero-order chi connectivity index (χ0) is 15.1. The van der Waals surface area contributed by atoms with Crippen LogP contribution in [0.2, 0.25) is 0 Å². The van der Waals surface area contributed by atoms with Gasteiger partial charge in [-0.1, -0.05) is 58.4 Å². The summed E-state index contributed by atoms with van der Waals surface area (Å²) in [6.07, 6.45) is 1.41. The molecule has 2 rings (SSSR count). The molecule has 1 unspecified atom stereocenters. The Labute approximate surface area is 135 Å². The average molecular weight is 348 g/mol. The van der Waals surface area contributed by atoms with E-state index in [9.17, 15) is 5.11 Å². The molecule has 2 nitrogen and oxygen atoms in total. The van der Waals surface area contributed by atoms with E-state index in [0.717, 1.165) is 36.0 Å². The van der Waals surface area contributed by atoms with Crippen LogP contribution in [0.15, 0.2) is 59.1 Å². The number of aliphatic hydroxyl groups excluding tert-OH is 1. The van der Waals surface area contributed by atoms with Crippen molar-refractivity contribution in [3.63, 3.8) is 0 Å². The van der Waals surface area contributed by atoms with E-state index in [2.05, 4.69) is 52.1 Å². The Morgan fingerprint density at radius 2 is 1.67 bits per heavy atom. The summed E-state index contributed by atoms with van der Waals surface area (Å²) in [5, 5.41) is 10.2. The number of hydrogen-bond donors (Lipinski definition) is 1. The molecule has 0 radical (unpaired) electrons. The van der Waals surface area contributed by atoms with Gasteiger partial charge in [0.1, 0.15) is 0 Å². The predicted molar refractivity (Wildman–Crippen MR) is 91.4 cm³/mol. The Balaban J connectivity index is 1.73. The third kappa shape index (κ3) is 5.62. The maximum Gasteiger partial charge on any atom is 0.0802 e. The van der Waals surface area contributed by atoms with Crippen LogP contribution in [-0.2, 0) is 6.42 Å². The molecule has 0 fully saturated rings. The number of benzene rings is 2. The summed E-state index contributed by atoms with van der Waals surface area (Å²) in [6.45, 7) is 1.90. The Morgan fingerprint density at radius 1 is 1.00 bits per heavy atom. The quantitative estimate of drug-likeness (QED) is 0.816. The zero-order valence-electron chi connectivity index (χ0n) is 12.4. The highest BCUT2D eigenvalue weighted by molar-refractivity contribution is 9.10. The fourth-order valence-electron chi connectivity index (χ4n) is 2.27. The highest BCUT2D eigenvalue weighted by Crippen LogP contribution is 2.19. The van der Waals surface area contributed by atoms with E-state index in [4.69, 9.17) is 0 Å². The summed E-state index contributed by atoms with van der Waals surface area (Å²) in [5.74, 6) is 0. The number of likely N-dealkylation sites (N-methyl/N-ethyl adjacent to an activating group) is 1. The van der Waals surface area contributed by atoms with E-state index >= 15 is 0 Å². The van der Waals surface area contributed by atoms with Gasteiger partial charge in [-0.2, -0.15) is 0 Å².